The number of aromatic carboxylic acids is 1. The molecule has 0 bridgehead atoms. The number of carbonyl (C=O) groups is 3. The predicted molar refractivity (Wildman–Crippen MR) is 104 cm³/mol. The summed E-state index contributed by atoms with van der Waals surface area (Å²) in [7, 11) is 0. The molecule has 1 heterocycles. The number of furan rings is 1. The highest BCUT2D eigenvalue weighted by Crippen LogP contribution is 2.23. The van der Waals surface area contributed by atoms with Gasteiger partial charge >= 0.3 is 12.0 Å². The van der Waals surface area contributed by atoms with Crippen LogP contribution in [0.1, 0.15) is 55.5 Å². The summed E-state index contributed by atoms with van der Waals surface area (Å²) in [5.41, 5.74) is 1.02. The molecule has 8 nitrogen and oxygen atoms in total. The fourth-order valence-electron chi connectivity index (χ4n) is 3.38. The molecule has 0 unspecified atom stereocenters. The van der Waals surface area contributed by atoms with Gasteiger partial charge in [0.15, 0.2) is 0 Å². The van der Waals surface area contributed by atoms with Crippen molar-refractivity contribution >= 4 is 34.6 Å². The first kappa shape index (κ1) is 19.7. The van der Waals surface area contributed by atoms with Gasteiger partial charge in [-0.2, -0.15) is 0 Å². The van der Waals surface area contributed by atoms with Crippen molar-refractivity contribution in [3.63, 3.8) is 0 Å². The number of rotatable bonds is 7. The van der Waals surface area contributed by atoms with Crippen molar-refractivity contribution in [3.05, 3.63) is 30.0 Å². The van der Waals surface area contributed by atoms with Crippen molar-refractivity contribution in [3.8, 4) is 0 Å². The second-order valence-corrected chi connectivity index (χ2v) is 7.06. The van der Waals surface area contributed by atoms with Crippen LogP contribution in [0.25, 0.3) is 11.0 Å². The van der Waals surface area contributed by atoms with Crippen LogP contribution < -0.4 is 16.0 Å². The molecule has 28 heavy (non-hydrogen) atoms. The highest BCUT2D eigenvalue weighted by atomic mass is 16.4. The van der Waals surface area contributed by atoms with Crippen molar-refractivity contribution in [1.29, 1.82) is 0 Å². The van der Waals surface area contributed by atoms with Crippen molar-refractivity contribution in [2.24, 2.45) is 0 Å². The van der Waals surface area contributed by atoms with E-state index in [-0.39, 0.29) is 30.2 Å². The van der Waals surface area contributed by atoms with Crippen LogP contribution in [0, 0.1) is 0 Å². The molecule has 1 aliphatic rings. The van der Waals surface area contributed by atoms with Crippen molar-refractivity contribution < 1.29 is 23.9 Å². The van der Waals surface area contributed by atoms with Gasteiger partial charge in [-0.05, 0) is 43.5 Å². The fraction of sp³-hybridized carbons (Fsp3) is 0.450. The molecular formula is C20H25N3O5. The van der Waals surface area contributed by atoms with Crippen molar-refractivity contribution in [2.45, 2.75) is 51.0 Å². The Morgan fingerprint density at radius 1 is 1.11 bits per heavy atom. The van der Waals surface area contributed by atoms with Crippen LogP contribution in [-0.4, -0.2) is 35.6 Å². The standard InChI is InChI=1S/C20H25N3O5/c24-18(7-4-10-21-20(27)23-14-5-2-1-3-6-14)22-15-8-9-16-13(11-15)12-17(28-16)19(25)26/h8-9,11-12,14H,1-7,10H2,(H,22,24)(H,25,26)(H2,21,23,27). The Morgan fingerprint density at radius 2 is 1.89 bits per heavy atom. The van der Waals surface area contributed by atoms with Gasteiger partial charge in [-0.25, -0.2) is 9.59 Å². The summed E-state index contributed by atoms with van der Waals surface area (Å²) in [6.07, 6.45) is 6.42. The van der Waals surface area contributed by atoms with Crippen molar-refractivity contribution in [2.75, 3.05) is 11.9 Å². The highest BCUT2D eigenvalue weighted by Gasteiger charge is 2.15. The quantitative estimate of drug-likeness (QED) is 0.542. The van der Waals surface area contributed by atoms with Gasteiger partial charge in [0.1, 0.15) is 5.58 Å². The molecule has 4 N–H and O–H groups in total. The smallest absolute Gasteiger partial charge is 0.371 e. The molecular weight excluding hydrogens is 362 g/mol. The number of carbonyl (C=O) groups excluding carboxylic acids is 2. The highest BCUT2D eigenvalue weighted by molar-refractivity contribution is 5.96. The Balaban J connectivity index is 1.38. The molecule has 1 aromatic carbocycles. The van der Waals surface area contributed by atoms with Gasteiger partial charge in [-0.3, -0.25) is 4.79 Å². The fourth-order valence-corrected chi connectivity index (χ4v) is 3.38. The van der Waals surface area contributed by atoms with Crippen LogP contribution >= 0.6 is 0 Å². The van der Waals surface area contributed by atoms with E-state index in [2.05, 4.69) is 16.0 Å². The molecule has 1 fully saturated rings. The van der Waals surface area contributed by atoms with Crippen molar-refractivity contribution in [1.82, 2.24) is 10.6 Å². The number of nitrogens with one attached hydrogen (secondary N) is 3. The third-order valence-corrected chi connectivity index (χ3v) is 4.82. The third-order valence-electron chi connectivity index (χ3n) is 4.82. The molecule has 3 rings (SSSR count). The van der Waals surface area contributed by atoms with E-state index in [0.29, 0.717) is 29.6 Å². The molecule has 1 saturated carbocycles. The molecule has 0 radical (unpaired) electrons. The van der Waals surface area contributed by atoms with Gasteiger partial charge in [0.25, 0.3) is 0 Å². The first-order valence-electron chi connectivity index (χ1n) is 9.62. The van der Waals surface area contributed by atoms with Crippen LogP contribution in [0.4, 0.5) is 10.5 Å². The Bertz CT molecular complexity index is 855. The summed E-state index contributed by atoms with van der Waals surface area (Å²) in [6, 6.07) is 6.45. The van der Waals surface area contributed by atoms with E-state index in [0.717, 1.165) is 25.7 Å². The number of fused-ring (bicyclic) bond motifs is 1. The number of hydrogen-bond donors (Lipinski definition) is 4. The van der Waals surface area contributed by atoms with E-state index in [4.69, 9.17) is 9.52 Å². The molecule has 1 aliphatic carbocycles. The summed E-state index contributed by atoms with van der Waals surface area (Å²) < 4.78 is 5.19. The zero-order valence-corrected chi connectivity index (χ0v) is 15.6. The Morgan fingerprint density at radius 3 is 2.64 bits per heavy atom. The molecule has 0 atom stereocenters. The molecule has 8 heteroatoms. The van der Waals surface area contributed by atoms with E-state index < -0.39 is 5.97 Å². The van der Waals surface area contributed by atoms with Crippen LogP contribution in [0.15, 0.2) is 28.7 Å². The van der Waals surface area contributed by atoms with Crippen LogP contribution in [0.2, 0.25) is 0 Å². The summed E-state index contributed by atoms with van der Waals surface area (Å²) in [6.45, 7) is 0.425. The molecule has 0 saturated heterocycles. The summed E-state index contributed by atoms with van der Waals surface area (Å²) in [5.74, 6) is -1.45. The molecule has 1 aromatic heterocycles. The van der Waals surface area contributed by atoms with Crippen LogP contribution in [0.3, 0.4) is 0 Å². The number of anilines is 1. The Kier molecular flexibility index (Phi) is 6.52. The average molecular weight is 387 g/mol. The Hall–Kier alpha value is -3.03. The third kappa shape index (κ3) is 5.48. The lowest BCUT2D eigenvalue weighted by Crippen LogP contribution is -2.43. The van der Waals surface area contributed by atoms with Crippen LogP contribution in [-0.2, 0) is 4.79 Å². The van der Waals surface area contributed by atoms with E-state index >= 15 is 0 Å². The van der Waals surface area contributed by atoms with E-state index in [1.54, 1.807) is 18.2 Å². The molecule has 0 spiro atoms. The minimum absolute atomic E-state index is 0.143. The lowest BCUT2D eigenvalue weighted by molar-refractivity contribution is -0.116. The summed E-state index contributed by atoms with van der Waals surface area (Å²) >= 11 is 0. The maximum atomic E-state index is 12.1. The number of carboxylic acids is 1. The first-order chi connectivity index (χ1) is 13.5. The lowest BCUT2D eigenvalue weighted by atomic mass is 9.96. The first-order valence-corrected chi connectivity index (χ1v) is 9.62. The van der Waals surface area contributed by atoms with Gasteiger partial charge in [0.05, 0.1) is 0 Å². The van der Waals surface area contributed by atoms with Gasteiger partial charge < -0.3 is 25.5 Å². The average Bonchev–Trinajstić information content (AvgIpc) is 3.10. The maximum Gasteiger partial charge on any atom is 0.371 e. The lowest BCUT2D eigenvalue weighted by Gasteiger charge is -2.22. The number of hydrogen-bond acceptors (Lipinski definition) is 4. The number of carboxylic acid groups (broad SMARTS) is 1. The minimum atomic E-state index is -1.14. The topological polar surface area (TPSA) is 121 Å². The number of benzene rings is 1. The minimum Gasteiger partial charge on any atom is -0.475 e. The zero-order valence-electron chi connectivity index (χ0n) is 15.6. The molecule has 0 aliphatic heterocycles. The predicted octanol–water partition coefficient (Wildman–Crippen LogP) is 3.48. The number of urea groups is 1. The maximum absolute atomic E-state index is 12.1. The molecule has 2 aromatic rings. The molecule has 3 amide bonds. The number of amides is 3. The normalized spacial score (nSPS) is 14.6. The Labute approximate surface area is 162 Å². The van der Waals surface area contributed by atoms with E-state index in [1.807, 2.05) is 0 Å². The largest absolute Gasteiger partial charge is 0.475 e. The summed E-state index contributed by atoms with van der Waals surface area (Å²) in [5, 5.41) is 18.1. The van der Waals surface area contributed by atoms with Gasteiger partial charge in [0.2, 0.25) is 11.7 Å². The second-order valence-electron chi connectivity index (χ2n) is 7.06. The molecule has 150 valence electrons. The summed E-state index contributed by atoms with van der Waals surface area (Å²) in [4.78, 5) is 34.9. The van der Waals surface area contributed by atoms with Gasteiger partial charge in [-0.1, -0.05) is 19.3 Å². The van der Waals surface area contributed by atoms with Gasteiger partial charge in [0, 0.05) is 30.1 Å². The van der Waals surface area contributed by atoms with E-state index in [9.17, 15) is 14.4 Å². The monoisotopic (exact) mass is 387 g/mol. The van der Waals surface area contributed by atoms with E-state index in [1.165, 1.54) is 12.5 Å². The zero-order chi connectivity index (χ0) is 19.9. The second kappa shape index (κ2) is 9.25. The SMILES string of the molecule is O=C(CCCNC(=O)NC1CCCCC1)Nc1ccc2oc(C(=O)O)cc2c1. The van der Waals surface area contributed by atoms with Gasteiger partial charge in [-0.15, -0.1) is 0 Å². The van der Waals surface area contributed by atoms with Crippen LogP contribution in [0.5, 0.6) is 0 Å².